The Morgan fingerprint density at radius 3 is 2.40 bits per heavy atom. The summed E-state index contributed by atoms with van der Waals surface area (Å²) in [6.45, 7) is 7.36. The number of sulfone groups is 1. The Hall–Kier alpha value is -0.780. The standard InChI is InChI=1S/C14H31N3O2S/c1-5-8-9-13(6-2)12-17-14(15-4)16-10-11-20(18,19)7-3/h13H,5-12H2,1-4H3,(H2,15,16,17). The summed E-state index contributed by atoms with van der Waals surface area (Å²) in [5, 5.41) is 6.33. The van der Waals surface area contributed by atoms with E-state index in [4.69, 9.17) is 0 Å². The molecule has 0 aromatic carbocycles. The zero-order chi connectivity index (χ0) is 15.4. The third-order valence-electron chi connectivity index (χ3n) is 3.47. The predicted octanol–water partition coefficient (Wildman–Crippen LogP) is 1.80. The number of unbranched alkanes of at least 4 members (excludes halogenated alkanes) is 1. The van der Waals surface area contributed by atoms with E-state index >= 15 is 0 Å². The summed E-state index contributed by atoms with van der Waals surface area (Å²) in [6.07, 6.45) is 4.84. The quantitative estimate of drug-likeness (QED) is 0.477. The van der Waals surface area contributed by atoms with Crippen LogP contribution >= 0.6 is 0 Å². The van der Waals surface area contributed by atoms with Gasteiger partial charge in [0, 0.05) is 25.9 Å². The molecule has 0 amide bonds. The third kappa shape index (κ3) is 9.18. The molecule has 0 spiro atoms. The molecule has 0 aliphatic rings. The minimum atomic E-state index is -2.92. The van der Waals surface area contributed by atoms with Crippen LogP contribution in [0.3, 0.4) is 0 Å². The normalized spacial score (nSPS) is 14.1. The summed E-state index contributed by atoms with van der Waals surface area (Å²) >= 11 is 0. The molecule has 1 atom stereocenters. The van der Waals surface area contributed by atoms with Gasteiger partial charge in [0.25, 0.3) is 0 Å². The number of nitrogens with one attached hydrogen (secondary N) is 2. The molecule has 0 aliphatic heterocycles. The highest BCUT2D eigenvalue weighted by Crippen LogP contribution is 2.10. The van der Waals surface area contributed by atoms with Crippen molar-refractivity contribution in [2.75, 3.05) is 31.6 Å². The van der Waals surface area contributed by atoms with E-state index in [9.17, 15) is 8.42 Å². The van der Waals surface area contributed by atoms with Crippen LogP contribution in [0.2, 0.25) is 0 Å². The SMILES string of the molecule is CCCCC(CC)CNC(=NC)NCCS(=O)(=O)CC. The molecule has 120 valence electrons. The molecule has 0 bridgehead atoms. The second-order valence-corrected chi connectivity index (χ2v) is 7.51. The van der Waals surface area contributed by atoms with Crippen molar-refractivity contribution in [3.63, 3.8) is 0 Å². The Kier molecular flexibility index (Phi) is 10.5. The Morgan fingerprint density at radius 2 is 1.90 bits per heavy atom. The van der Waals surface area contributed by atoms with E-state index in [1.807, 2.05) is 0 Å². The van der Waals surface area contributed by atoms with Crippen molar-refractivity contribution in [2.24, 2.45) is 10.9 Å². The maximum Gasteiger partial charge on any atom is 0.191 e. The average Bonchev–Trinajstić information content (AvgIpc) is 2.45. The summed E-state index contributed by atoms with van der Waals surface area (Å²) in [7, 11) is -1.21. The Morgan fingerprint density at radius 1 is 1.20 bits per heavy atom. The molecule has 0 aromatic rings. The molecule has 20 heavy (non-hydrogen) atoms. The van der Waals surface area contributed by atoms with E-state index in [0.29, 0.717) is 18.4 Å². The molecule has 0 rings (SSSR count). The first-order valence-corrected chi connectivity index (χ1v) is 9.46. The molecule has 5 nitrogen and oxygen atoms in total. The lowest BCUT2D eigenvalue weighted by molar-refractivity contribution is 0.444. The van der Waals surface area contributed by atoms with Crippen LogP contribution in [0, 0.1) is 5.92 Å². The van der Waals surface area contributed by atoms with Crippen LogP contribution in [0.25, 0.3) is 0 Å². The van der Waals surface area contributed by atoms with Crippen molar-refractivity contribution < 1.29 is 8.42 Å². The number of rotatable bonds is 10. The van der Waals surface area contributed by atoms with Crippen LogP contribution < -0.4 is 10.6 Å². The Balaban J connectivity index is 4.04. The van der Waals surface area contributed by atoms with Crippen LogP contribution in [0.15, 0.2) is 4.99 Å². The smallest absolute Gasteiger partial charge is 0.191 e. The van der Waals surface area contributed by atoms with Gasteiger partial charge in [-0.3, -0.25) is 4.99 Å². The van der Waals surface area contributed by atoms with Gasteiger partial charge >= 0.3 is 0 Å². The van der Waals surface area contributed by atoms with Crippen LogP contribution in [-0.4, -0.2) is 46.0 Å². The maximum atomic E-state index is 11.4. The van der Waals surface area contributed by atoms with E-state index < -0.39 is 9.84 Å². The minimum Gasteiger partial charge on any atom is -0.356 e. The fourth-order valence-corrected chi connectivity index (χ4v) is 2.58. The van der Waals surface area contributed by atoms with E-state index in [1.165, 1.54) is 19.3 Å². The second kappa shape index (κ2) is 10.9. The van der Waals surface area contributed by atoms with Gasteiger partial charge in [0.2, 0.25) is 0 Å². The van der Waals surface area contributed by atoms with Gasteiger partial charge in [0.15, 0.2) is 15.8 Å². The number of guanidine groups is 1. The highest BCUT2D eigenvalue weighted by atomic mass is 32.2. The summed E-state index contributed by atoms with van der Waals surface area (Å²) in [5.41, 5.74) is 0. The zero-order valence-corrected chi connectivity index (χ0v) is 14.2. The Bertz CT molecular complexity index is 367. The molecule has 0 aromatic heterocycles. The lowest BCUT2D eigenvalue weighted by Gasteiger charge is -2.18. The number of hydrogen-bond donors (Lipinski definition) is 2. The summed E-state index contributed by atoms with van der Waals surface area (Å²) < 4.78 is 22.8. The number of aliphatic imine (C=N–C) groups is 1. The van der Waals surface area contributed by atoms with Crippen LogP contribution in [0.5, 0.6) is 0 Å². The highest BCUT2D eigenvalue weighted by Gasteiger charge is 2.09. The zero-order valence-electron chi connectivity index (χ0n) is 13.4. The lowest BCUT2D eigenvalue weighted by atomic mass is 9.99. The molecular weight excluding hydrogens is 274 g/mol. The molecule has 2 N–H and O–H groups in total. The number of hydrogen-bond acceptors (Lipinski definition) is 3. The molecule has 6 heteroatoms. The van der Waals surface area contributed by atoms with Crippen molar-refractivity contribution in [3.8, 4) is 0 Å². The fraction of sp³-hybridized carbons (Fsp3) is 0.929. The molecule has 0 fully saturated rings. The second-order valence-electron chi connectivity index (χ2n) is 5.03. The monoisotopic (exact) mass is 305 g/mol. The van der Waals surface area contributed by atoms with Gasteiger partial charge in [-0.2, -0.15) is 0 Å². The molecule has 1 unspecified atom stereocenters. The predicted molar refractivity (Wildman–Crippen MR) is 87.0 cm³/mol. The summed E-state index contributed by atoms with van der Waals surface area (Å²) in [4.78, 5) is 4.12. The topological polar surface area (TPSA) is 70.6 Å². The van der Waals surface area contributed by atoms with Crippen molar-refractivity contribution >= 4 is 15.8 Å². The minimum absolute atomic E-state index is 0.150. The first kappa shape index (κ1) is 19.2. The van der Waals surface area contributed by atoms with Gasteiger partial charge in [-0.25, -0.2) is 8.42 Å². The van der Waals surface area contributed by atoms with Crippen molar-refractivity contribution in [2.45, 2.75) is 46.5 Å². The summed E-state index contributed by atoms with van der Waals surface area (Å²) in [5.74, 6) is 1.67. The van der Waals surface area contributed by atoms with E-state index in [2.05, 4.69) is 29.5 Å². The molecular formula is C14H31N3O2S. The maximum absolute atomic E-state index is 11.4. The molecule has 0 saturated carbocycles. The molecule has 0 radical (unpaired) electrons. The van der Waals surface area contributed by atoms with E-state index in [0.717, 1.165) is 13.0 Å². The summed E-state index contributed by atoms with van der Waals surface area (Å²) in [6, 6.07) is 0. The number of nitrogens with zero attached hydrogens (tertiary/aromatic N) is 1. The van der Waals surface area contributed by atoms with Gasteiger partial charge in [-0.05, 0) is 12.3 Å². The molecule has 0 saturated heterocycles. The van der Waals surface area contributed by atoms with Gasteiger partial charge in [-0.15, -0.1) is 0 Å². The van der Waals surface area contributed by atoms with Crippen LogP contribution in [-0.2, 0) is 9.84 Å². The van der Waals surface area contributed by atoms with E-state index in [-0.39, 0.29) is 11.5 Å². The lowest BCUT2D eigenvalue weighted by Crippen LogP contribution is -2.41. The molecule has 0 heterocycles. The van der Waals surface area contributed by atoms with Gasteiger partial charge in [0.05, 0.1) is 5.75 Å². The largest absolute Gasteiger partial charge is 0.356 e. The van der Waals surface area contributed by atoms with Crippen molar-refractivity contribution in [1.29, 1.82) is 0 Å². The first-order valence-electron chi connectivity index (χ1n) is 7.63. The fourth-order valence-electron chi connectivity index (χ4n) is 1.87. The van der Waals surface area contributed by atoms with Gasteiger partial charge < -0.3 is 10.6 Å². The van der Waals surface area contributed by atoms with Gasteiger partial charge in [-0.1, -0.05) is 40.0 Å². The average molecular weight is 305 g/mol. The molecule has 0 aliphatic carbocycles. The van der Waals surface area contributed by atoms with Crippen molar-refractivity contribution in [3.05, 3.63) is 0 Å². The third-order valence-corrected chi connectivity index (χ3v) is 5.18. The Labute approximate surface area is 124 Å². The van der Waals surface area contributed by atoms with Crippen LogP contribution in [0.1, 0.15) is 46.5 Å². The highest BCUT2D eigenvalue weighted by molar-refractivity contribution is 7.91. The van der Waals surface area contributed by atoms with Crippen LogP contribution in [0.4, 0.5) is 0 Å². The van der Waals surface area contributed by atoms with Gasteiger partial charge in [0.1, 0.15) is 0 Å². The first-order chi connectivity index (χ1) is 9.49. The van der Waals surface area contributed by atoms with Crippen molar-refractivity contribution in [1.82, 2.24) is 10.6 Å². The van der Waals surface area contributed by atoms with E-state index in [1.54, 1.807) is 14.0 Å².